The molecule has 1 heterocycles. The van der Waals surface area contributed by atoms with Gasteiger partial charge >= 0.3 is 6.18 Å². The molecule has 0 fully saturated rings. The fourth-order valence-electron chi connectivity index (χ4n) is 1.76. The Balaban J connectivity index is 2.31. The average molecular weight is 323 g/mol. The van der Waals surface area contributed by atoms with Gasteiger partial charge in [0.15, 0.2) is 0 Å². The van der Waals surface area contributed by atoms with Gasteiger partial charge in [-0.2, -0.15) is 18.2 Å². The summed E-state index contributed by atoms with van der Waals surface area (Å²) in [5.41, 5.74) is 0.137. The lowest BCUT2D eigenvalue weighted by Gasteiger charge is -2.05. The highest BCUT2D eigenvalue weighted by molar-refractivity contribution is 5.86. The predicted octanol–water partition coefficient (Wildman–Crippen LogP) is 4.17. The van der Waals surface area contributed by atoms with Crippen molar-refractivity contribution in [2.24, 2.45) is 5.16 Å². The monoisotopic (exact) mass is 323 g/mol. The molecule has 0 aliphatic rings. The predicted molar refractivity (Wildman–Crippen MR) is 77.8 cm³/mol. The third-order valence-electron chi connectivity index (χ3n) is 2.81. The normalized spacial score (nSPS) is 13.3. The molecule has 1 aromatic heterocycles. The van der Waals surface area contributed by atoms with Gasteiger partial charge in [0.05, 0.1) is 11.8 Å². The lowest BCUT2D eigenvalue weighted by atomic mass is 10.1. The summed E-state index contributed by atoms with van der Waals surface area (Å²) in [4.78, 5) is 4.12. The topological polar surface area (TPSA) is 71.5 Å². The molecule has 23 heavy (non-hydrogen) atoms. The van der Waals surface area contributed by atoms with Crippen molar-refractivity contribution in [3.63, 3.8) is 0 Å². The first kappa shape index (κ1) is 16.5. The van der Waals surface area contributed by atoms with E-state index in [4.69, 9.17) is 9.73 Å². The van der Waals surface area contributed by atoms with E-state index in [0.717, 1.165) is 18.3 Å². The second-order valence-electron chi connectivity index (χ2n) is 4.38. The van der Waals surface area contributed by atoms with Crippen LogP contribution in [-0.2, 0) is 6.18 Å². The maximum absolute atomic E-state index is 12.5. The van der Waals surface area contributed by atoms with E-state index in [1.54, 1.807) is 19.1 Å². The second kappa shape index (κ2) is 6.91. The molecule has 1 aromatic carbocycles. The van der Waals surface area contributed by atoms with E-state index in [0.29, 0.717) is 11.1 Å². The van der Waals surface area contributed by atoms with Crippen LogP contribution in [0.15, 0.2) is 52.2 Å². The number of aromatic nitrogens is 2. The SMILES string of the molecule is C\C=C/C(=C\C=N\O)c1nc(-c2ccc(C(F)(F)F)cc2)no1. The Hall–Kier alpha value is -2.90. The molecule has 8 heteroatoms. The molecule has 0 radical (unpaired) electrons. The average Bonchev–Trinajstić information content (AvgIpc) is 3.00. The zero-order valence-electron chi connectivity index (χ0n) is 11.9. The number of oxime groups is 1. The number of rotatable bonds is 4. The molecule has 0 saturated carbocycles. The number of benzene rings is 1. The van der Waals surface area contributed by atoms with Gasteiger partial charge in [0.1, 0.15) is 0 Å². The first-order valence-electron chi connectivity index (χ1n) is 6.48. The van der Waals surface area contributed by atoms with Crippen LogP contribution < -0.4 is 0 Å². The van der Waals surface area contributed by atoms with Gasteiger partial charge < -0.3 is 9.73 Å². The van der Waals surface area contributed by atoms with Gasteiger partial charge in [0.2, 0.25) is 5.82 Å². The molecule has 0 bridgehead atoms. The van der Waals surface area contributed by atoms with Crippen LogP contribution in [0.1, 0.15) is 18.4 Å². The summed E-state index contributed by atoms with van der Waals surface area (Å²) in [5, 5.41) is 15.0. The van der Waals surface area contributed by atoms with Crippen LogP contribution in [0.5, 0.6) is 0 Å². The molecule has 0 aliphatic heterocycles. The van der Waals surface area contributed by atoms with Crippen molar-refractivity contribution >= 4 is 11.8 Å². The molecule has 120 valence electrons. The summed E-state index contributed by atoms with van der Waals surface area (Å²) in [6.07, 6.45) is 1.57. The minimum atomic E-state index is -4.40. The van der Waals surface area contributed by atoms with E-state index in [1.807, 2.05) is 0 Å². The van der Waals surface area contributed by atoms with Crippen molar-refractivity contribution in [3.05, 3.63) is 53.9 Å². The third kappa shape index (κ3) is 4.06. The van der Waals surface area contributed by atoms with Crippen LogP contribution in [0.25, 0.3) is 17.0 Å². The first-order valence-corrected chi connectivity index (χ1v) is 6.48. The standard InChI is InChI=1S/C15H12F3N3O2/c1-2-3-11(8-9-19-22)14-20-13(21-23-14)10-4-6-12(7-5-10)15(16,17)18/h2-9,22H,1H3/b3-2-,11-8+,19-9+. The smallest absolute Gasteiger partial charge is 0.411 e. The number of hydrogen-bond donors (Lipinski definition) is 1. The summed E-state index contributed by atoms with van der Waals surface area (Å²) >= 11 is 0. The molecular weight excluding hydrogens is 311 g/mol. The lowest BCUT2D eigenvalue weighted by molar-refractivity contribution is -0.137. The number of halogens is 3. The van der Waals surface area contributed by atoms with Gasteiger partial charge in [-0.25, -0.2) is 0 Å². The first-order chi connectivity index (χ1) is 11.0. The van der Waals surface area contributed by atoms with E-state index in [9.17, 15) is 13.2 Å². The molecule has 1 N–H and O–H groups in total. The molecular formula is C15H12F3N3O2. The van der Waals surface area contributed by atoms with Crippen molar-refractivity contribution in [3.8, 4) is 11.4 Å². The van der Waals surface area contributed by atoms with E-state index in [1.165, 1.54) is 18.2 Å². The quantitative estimate of drug-likeness (QED) is 0.397. The van der Waals surface area contributed by atoms with Crippen LogP contribution in [0.2, 0.25) is 0 Å². The zero-order chi connectivity index (χ0) is 16.9. The second-order valence-corrected chi connectivity index (χ2v) is 4.38. The highest BCUT2D eigenvalue weighted by Crippen LogP contribution is 2.30. The molecule has 0 spiro atoms. The lowest BCUT2D eigenvalue weighted by Crippen LogP contribution is -2.04. The summed E-state index contributed by atoms with van der Waals surface area (Å²) < 4.78 is 42.7. The van der Waals surface area contributed by atoms with E-state index >= 15 is 0 Å². The van der Waals surface area contributed by atoms with Crippen LogP contribution in [0.3, 0.4) is 0 Å². The zero-order valence-corrected chi connectivity index (χ0v) is 11.9. The van der Waals surface area contributed by atoms with Crippen LogP contribution in [0, 0.1) is 0 Å². The van der Waals surface area contributed by atoms with Gasteiger partial charge in [-0.05, 0) is 25.1 Å². The van der Waals surface area contributed by atoms with Crippen LogP contribution in [-0.4, -0.2) is 21.6 Å². The van der Waals surface area contributed by atoms with E-state index in [2.05, 4.69) is 15.3 Å². The molecule has 5 nitrogen and oxygen atoms in total. The number of allylic oxidation sites excluding steroid dienone is 4. The number of alkyl halides is 3. The molecule has 0 saturated heterocycles. The van der Waals surface area contributed by atoms with Crippen molar-refractivity contribution in [1.82, 2.24) is 10.1 Å². The van der Waals surface area contributed by atoms with Gasteiger partial charge in [-0.15, -0.1) is 0 Å². The van der Waals surface area contributed by atoms with Crippen molar-refractivity contribution in [1.29, 1.82) is 0 Å². The Morgan fingerprint density at radius 2 is 1.96 bits per heavy atom. The molecule has 2 aromatic rings. The highest BCUT2D eigenvalue weighted by atomic mass is 19.4. The van der Waals surface area contributed by atoms with E-state index in [-0.39, 0.29) is 11.7 Å². The largest absolute Gasteiger partial charge is 0.416 e. The Morgan fingerprint density at radius 3 is 2.52 bits per heavy atom. The highest BCUT2D eigenvalue weighted by Gasteiger charge is 2.30. The summed E-state index contributed by atoms with van der Waals surface area (Å²) in [5.74, 6) is 0.308. The van der Waals surface area contributed by atoms with Crippen LogP contribution in [0.4, 0.5) is 13.2 Å². The van der Waals surface area contributed by atoms with Gasteiger partial charge in [0.25, 0.3) is 5.89 Å². The van der Waals surface area contributed by atoms with Gasteiger partial charge in [-0.1, -0.05) is 34.6 Å². The Morgan fingerprint density at radius 1 is 1.26 bits per heavy atom. The molecule has 0 unspecified atom stereocenters. The maximum Gasteiger partial charge on any atom is 0.416 e. The fourth-order valence-corrected chi connectivity index (χ4v) is 1.76. The van der Waals surface area contributed by atoms with Crippen molar-refractivity contribution in [2.45, 2.75) is 13.1 Å². The molecule has 0 atom stereocenters. The van der Waals surface area contributed by atoms with Crippen molar-refractivity contribution < 1.29 is 22.9 Å². The Kier molecular flexibility index (Phi) is 4.95. The molecule has 0 aliphatic carbocycles. The van der Waals surface area contributed by atoms with Crippen molar-refractivity contribution in [2.75, 3.05) is 0 Å². The summed E-state index contributed by atoms with van der Waals surface area (Å²) in [6.45, 7) is 1.77. The minimum Gasteiger partial charge on any atom is -0.411 e. The minimum absolute atomic E-state index is 0.151. The Bertz CT molecular complexity index is 744. The fraction of sp³-hybridized carbons (Fsp3) is 0.133. The number of hydrogen-bond acceptors (Lipinski definition) is 5. The molecule has 2 rings (SSSR count). The molecule has 0 amide bonds. The van der Waals surface area contributed by atoms with E-state index < -0.39 is 11.7 Å². The maximum atomic E-state index is 12.5. The Labute approximate surface area is 129 Å². The third-order valence-corrected chi connectivity index (χ3v) is 2.81. The summed E-state index contributed by atoms with van der Waals surface area (Å²) in [6, 6.07) is 4.44. The van der Waals surface area contributed by atoms with Gasteiger partial charge in [0, 0.05) is 11.1 Å². The van der Waals surface area contributed by atoms with Crippen LogP contribution >= 0.6 is 0 Å². The summed E-state index contributed by atoms with van der Waals surface area (Å²) in [7, 11) is 0. The van der Waals surface area contributed by atoms with Gasteiger partial charge in [-0.3, -0.25) is 0 Å². The number of nitrogens with zero attached hydrogens (tertiary/aromatic N) is 3.